The predicted molar refractivity (Wildman–Crippen MR) is 243 cm³/mol. The van der Waals surface area contributed by atoms with Gasteiger partial charge in [0, 0.05) is 112 Å². The van der Waals surface area contributed by atoms with Crippen molar-refractivity contribution >= 4 is 62.6 Å². The van der Waals surface area contributed by atoms with E-state index in [1.54, 1.807) is 16.7 Å². The number of piperazine rings is 2. The van der Waals surface area contributed by atoms with Gasteiger partial charge in [0.1, 0.15) is 23.0 Å². The molecular formula is C45H56F2N12O4. The second-order valence-electron chi connectivity index (χ2n) is 17.2. The number of aromatic carboxylic acids is 1. The lowest BCUT2D eigenvalue weighted by Crippen LogP contribution is -2.51. The van der Waals surface area contributed by atoms with E-state index < -0.39 is 23.0 Å². The fourth-order valence-electron chi connectivity index (χ4n) is 8.80. The number of pyridine rings is 2. The molecule has 2 aliphatic carbocycles. The minimum absolute atomic E-state index is 0.0602. The van der Waals surface area contributed by atoms with Gasteiger partial charge in [-0.1, -0.05) is 19.3 Å². The average molecular weight is 867 g/mol. The molecule has 334 valence electrons. The van der Waals surface area contributed by atoms with E-state index in [4.69, 9.17) is 22.3 Å². The van der Waals surface area contributed by atoms with E-state index in [1.807, 2.05) is 25.8 Å². The zero-order valence-corrected chi connectivity index (χ0v) is 35.5. The van der Waals surface area contributed by atoms with Crippen LogP contribution in [-0.2, 0) is 0 Å². The van der Waals surface area contributed by atoms with Crippen molar-refractivity contribution in [3.63, 3.8) is 0 Å². The van der Waals surface area contributed by atoms with E-state index in [-0.39, 0.29) is 34.3 Å². The quantitative estimate of drug-likeness (QED) is 0.0593. The number of unbranched alkanes of at least 4 members (excludes halogenated alkanes) is 4. The monoisotopic (exact) mass is 866 g/mol. The molecule has 4 fully saturated rings. The molecule has 2 aliphatic heterocycles. The Kier molecular flexibility index (Phi) is 12.8. The molecule has 0 unspecified atom stereocenters. The molecule has 2 aromatic heterocycles. The Labute approximate surface area is 363 Å². The van der Waals surface area contributed by atoms with Gasteiger partial charge >= 0.3 is 5.97 Å². The number of hydrogen-bond donors (Lipinski definition) is 5. The zero-order chi connectivity index (χ0) is 44.4. The Morgan fingerprint density at radius 3 is 1.92 bits per heavy atom. The summed E-state index contributed by atoms with van der Waals surface area (Å²) < 4.78 is 34.5. The Hall–Kier alpha value is -6.33. The number of nitrogens with one attached hydrogen (secondary N) is 2. The van der Waals surface area contributed by atoms with Crippen molar-refractivity contribution in [2.75, 3.05) is 68.7 Å². The van der Waals surface area contributed by atoms with Crippen molar-refractivity contribution in [2.24, 2.45) is 21.5 Å². The van der Waals surface area contributed by atoms with Crippen molar-refractivity contribution in [1.29, 1.82) is 10.8 Å². The summed E-state index contributed by atoms with van der Waals surface area (Å²) in [6.45, 7) is 4.56. The van der Waals surface area contributed by atoms with Gasteiger partial charge in [0.2, 0.25) is 11.4 Å². The Balaban J connectivity index is 0.715. The third-order valence-corrected chi connectivity index (χ3v) is 12.7. The standard InChI is InChI=1S/C45H56F2N12O4/c46-34-23-31-36(58(29-7-8-29)13-11-40(31)60)25-38(34)54-14-18-56(19-15-54)41(49)22-28(48)6-4-2-1-3-5-12-52-44(50)53-45(51)57-20-16-55(17-21-57)39-26-37-32(24-35(39)47)42(61)33(43(62)63)27-59(37)30-9-10-30/h11,13,23-27,29-30,48-49H,1-10,12,14-22H2,(H,62,63)(H4,50,51,52,53). The highest BCUT2D eigenvalue weighted by Gasteiger charge is 2.30. The van der Waals surface area contributed by atoms with E-state index in [0.717, 1.165) is 69.4 Å². The number of anilines is 2. The first-order valence-corrected chi connectivity index (χ1v) is 22.1. The molecule has 4 aromatic rings. The van der Waals surface area contributed by atoms with Crippen LogP contribution in [-0.4, -0.2) is 112 Å². The van der Waals surface area contributed by atoms with Gasteiger partial charge in [-0.25, -0.2) is 13.6 Å². The number of hydrogen-bond acceptors (Lipinski definition) is 8. The van der Waals surface area contributed by atoms with E-state index in [1.165, 1.54) is 18.3 Å². The van der Waals surface area contributed by atoms with Crippen LogP contribution in [0.15, 0.2) is 62.3 Å². The summed E-state index contributed by atoms with van der Waals surface area (Å²) in [6.07, 6.45) is 12.6. The van der Waals surface area contributed by atoms with Gasteiger partial charge < -0.3 is 50.7 Å². The Morgan fingerprint density at radius 2 is 1.30 bits per heavy atom. The summed E-state index contributed by atoms with van der Waals surface area (Å²) in [7, 11) is 0. The Bertz CT molecular complexity index is 2600. The Morgan fingerprint density at radius 1 is 0.746 bits per heavy atom. The summed E-state index contributed by atoms with van der Waals surface area (Å²) in [5, 5.41) is 27.1. The summed E-state index contributed by atoms with van der Waals surface area (Å²) in [4.78, 5) is 53.4. The molecule has 2 saturated heterocycles. The highest BCUT2D eigenvalue weighted by atomic mass is 19.1. The summed E-state index contributed by atoms with van der Waals surface area (Å²) in [5.41, 5.74) is 13.8. The molecular weight excluding hydrogens is 811 g/mol. The number of fused-ring (bicyclic) bond motifs is 2. The number of carboxylic acids is 1. The molecule has 7 N–H and O–H groups in total. The normalized spacial score (nSPS) is 17.6. The molecule has 63 heavy (non-hydrogen) atoms. The number of benzene rings is 2. The van der Waals surface area contributed by atoms with Gasteiger partial charge in [0.05, 0.1) is 22.4 Å². The number of nitrogens with zero attached hydrogens (tertiary/aromatic N) is 8. The average Bonchev–Trinajstić information content (AvgIpc) is 4.21. The second kappa shape index (κ2) is 18.6. The first-order chi connectivity index (χ1) is 30.4. The SMILES string of the molecule is N=C(CCCCCCCN=C(N)N=C(N)N1CCN(c2cc3c(cc2F)c(=O)c(C(=O)O)cn3C2CC2)CC1)CC(=N)N1CCN(c2cc3c(cc2F)c(=O)ccn3C2CC2)CC1. The lowest BCUT2D eigenvalue weighted by molar-refractivity contribution is 0.0694. The van der Waals surface area contributed by atoms with E-state index in [2.05, 4.69) is 14.6 Å². The number of rotatable bonds is 15. The van der Waals surface area contributed by atoms with Crippen molar-refractivity contribution in [3.8, 4) is 0 Å². The molecule has 0 spiro atoms. The van der Waals surface area contributed by atoms with Crippen molar-refractivity contribution in [2.45, 2.75) is 82.7 Å². The van der Waals surface area contributed by atoms with Crippen LogP contribution in [0.1, 0.15) is 93.1 Å². The van der Waals surface area contributed by atoms with Crippen molar-refractivity contribution < 1.29 is 18.7 Å². The van der Waals surface area contributed by atoms with Crippen molar-refractivity contribution in [1.82, 2.24) is 18.9 Å². The molecule has 4 aliphatic rings. The van der Waals surface area contributed by atoms with E-state index in [0.29, 0.717) is 112 Å². The number of amidine groups is 1. The number of aromatic nitrogens is 2. The summed E-state index contributed by atoms with van der Waals surface area (Å²) in [6, 6.07) is 7.93. The second-order valence-corrected chi connectivity index (χ2v) is 17.2. The number of carboxylic acid groups (broad SMARTS) is 1. The topological polar surface area (TPSA) is 219 Å². The zero-order valence-electron chi connectivity index (χ0n) is 35.5. The third-order valence-electron chi connectivity index (χ3n) is 12.7. The van der Waals surface area contributed by atoms with Crippen LogP contribution in [0.4, 0.5) is 20.2 Å². The molecule has 0 radical (unpaired) electrons. The van der Waals surface area contributed by atoms with Crippen LogP contribution in [0, 0.1) is 22.5 Å². The molecule has 8 rings (SSSR count). The molecule has 4 heterocycles. The first kappa shape index (κ1) is 43.3. The minimum Gasteiger partial charge on any atom is -0.477 e. The molecule has 0 bridgehead atoms. The van der Waals surface area contributed by atoms with Gasteiger partial charge in [-0.15, -0.1) is 0 Å². The first-order valence-electron chi connectivity index (χ1n) is 22.1. The fraction of sp³-hybridized carbons (Fsp3) is 0.489. The summed E-state index contributed by atoms with van der Waals surface area (Å²) in [5.74, 6) is -1.58. The van der Waals surface area contributed by atoms with Crippen LogP contribution in [0.25, 0.3) is 21.8 Å². The number of guanidine groups is 2. The van der Waals surface area contributed by atoms with Gasteiger partial charge in [-0.05, 0) is 69.2 Å². The molecule has 2 aromatic carbocycles. The van der Waals surface area contributed by atoms with Crippen LogP contribution in [0.3, 0.4) is 0 Å². The van der Waals surface area contributed by atoms with Crippen LogP contribution in [0.2, 0.25) is 0 Å². The molecule has 2 saturated carbocycles. The van der Waals surface area contributed by atoms with E-state index in [9.17, 15) is 19.5 Å². The van der Waals surface area contributed by atoms with Gasteiger partial charge in [-0.2, -0.15) is 4.99 Å². The number of carbonyl (C=O) groups is 1. The molecule has 18 heteroatoms. The smallest absolute Gasteiger partial charge is 0.341 e. The van der Waals surface area contributed by atoms with Crippen molar-refractivity contribution in [3.05, 3.63) is 80.4 Å². The number of nitrogens with two attached hydrogens (primary N) is 2. The number of aliphatic imine (C=N–C) groups is 2. The van der Waals surface area contributed by atoms with Crippen LogP contribution < -0.4 is 32.1 Å². The van der Waals surface area contributed by atoms with Crippen LogP contribution >= 0.6 is 0 Å². The third kappa shape index (κ3) is 9.84. The molecule has 16 nitrogen and oxygen atoms in total. The molecule has 0 amide bonds. The minimum atomic E-state index is -1.33. The highest BCUT2D eigenvalue weighted by Crippen LogP contribution is 2.39. The maximum Gasteiger partial charge on any atom is 0.341 e. The highest BCUT2D eigenvalue weighted by molar-refractivity contribution is 6.01. The van der Waals surface area contributed by atoms with Gasteiger partial charge in [0.15, 0.2) is 11.4 Å². The summed E-state index contributed by atoms with van der Waals surface area (Å²) >= 11 is 0. The number of halogens is 2. The van der Waals surface area contributed by atoms with E-state index >= 15 is 8.78 Å². The fourth-order valence-corrected chi connectivity index (χ4v) is 8.80. The molecule has 0 atom stereocenters. The lowest BCUT2D eigenvalue weighted by Gasteiger charge is -2.37. The van der Waals surface area contributed by atoms with Crippen LogP contribution in [0.5, 0.6) is 0 Å². The lowest BCUT2D eigenvalue weighted by atomic mass is 10.1. The maximum absolute atomic E-state index is 15.4. The van der Waals surface area contributed by atoms with Gasteiger partial charge in [0.25, 0.3) is 0 Å². The largest absolute Gasteiger partial charge is 0.477 e. The van der Waals surface area contributed by atoms with Gasteiger partial charge in [-0.3, -0.25) is 20.0 Å². The predicted octanol–water partition coefficient (Wildman–Crippen LogP) is 5.26. The maximum atomic E-state index is 15.4.